The molecule has 0 amide bonds. The zero-order chi connectivity index (χ0) is 12.4. The quantitative estimate of drug-likeness (QED) is 0.889. The molecule has 0 aromatic heterocycles. The predicted molar refractivity (Wildman–Crippen MR) is 64.3 cm³/mol. The summed E-state index contributed by atoms with van der Waals surface area (Å²) in [6.45, 7) is 5.99. The predicted octanol–water partition coefficient (Wildman–Crippen LogP) is 3.45. The van der Waals surface area contributed by atoms with Crippen molar-refractivity contribution in [1.82, 2.24) is 0 Å². The van der Waals surface area contributed by atoms with E-state index in [1.165, 1.54) is 0 Å². The molecular weight excluding hydrogens is 319 g/mol. The molecule has 2 nitrogen and oxygen atoms in total. The topological polar surface area (TPSA) is 29.5 Å². The Bertz CT molecular complexity index is 276. The van der Waals surface area contributed by atoms with Gasteiger partial charge in [-0.2, -0.15) is 0 Å². The molecule has 3 heteroatoms. The first-order valence-corrected chi connectivity index (χ1v) is 8.50. The van der Waals surface area contributed by atoms with Crippen LogP contribution in [0.1, 0.15) is 32.8 Å². The summed E-state index contributed by atoms with van der Waals surface area (Å²) in [5.41, 5.74) is 1.14. The summed E-state index contributed by atoms with van der Waals surface area (Å²) in [6.07, 6.45) is 1.28. The molecule has 0 saturated carbocycles. The van der Waals surface area contributed by atoms with Crippen LogP contribution in [0, 0.1) is 44.9 Å². The third-order valence-corrected chi connectivity index (χ3v) is 2.88. The number of hydrogen-bond donors (Lipinski definition) is 1. The van der Waals surface area contributed by atoms with Crippen LogP contribution in [0.3, 0.4) is 0 Å². The summed E-state index contributed by atoms with van der Waals surface area (Å²) < 4.78 is 7.53. The van der Waals surface area contributed by atoms with E-state index in [4.69, 9.17) is 0.0568 Å². The molecule has 16 heavy (non-hydrogen) atoms. The van der Waals surface area contributed by atoms with Gasteiger partial charge in [-0.1, -0.05) is 13.8 Å². The van der Waals surface area contributed by atoms with Gasteiger partial charge in [0.2, 0.25) is 0 Å². The zero-order valence-electron chi connectivity index (χ0n) is 10.5. The average molecular weight is 342 g/mol. The monoisotopic (exact) mass is 342 g/mol. The molecular formula is C13H22O2Xe. The molecule has 1 unspecified atom stereocenters. The van der Waals surface area contributed by atoms with E-state index >= 15 is 0 Å². The number of hydrogen-bond acceptors (Lipinski definition) is 2. The number of aliphatic hydroxyl groups excluding tert-OH is 1. The van der Waals surface area contributed by atoms with Crippen LogP contribution in [0.2, 0.25) is 1.39 Å². The van der Waals surface area contributed by atoms with Crippen molar-refractivity contribution in [2.45, 2.75) is 41.1 Å². The summed E-state index contributed by atoms with van der Waals surface area (Å²) in [5, 5.41) is 9.50. The summed E-state index contributed by atoms with van der Waals surface area (Å²) in [7, 11) is 0. The zero-order valence-corrected chi connectivity index (χ0v) is 12.5. The molecule has 1 rings (SSSR count). The van der Waals surface area contributed by atoms with E-state index in [0.717, 1.165) is 17.7 Å². The molecule has 0 spiro atoms. The molecule has 0 bridgehead atoms. The van der Waals surface area contributed by atoms with Crippen LogP contribution in [-0.4, -0.2) is 11.2 Å². The van der Waals surface area contributed by atoms with Crippen LogP contribution in [0.15, 0.2) is 24.3 Å². The van der Waals surface area contributed by atoms with Gasteiger partial charge in [-0.3, -0.25) is 0 Å². The summed E-state index contributed by atoms with van der Waals surface area (Å²) in [5.74, 6) is 0.923. The van der Waals surface area contributed by atoms with Crippen LogP contribution in [0.5, 0.6) is 5.75 Å². The molecule has 0 saturated heterocycles. The molecule has 0 fully saturated rings. The van der Waals surface area contributed by atoms with Crippen molar-refractivity contribution in [3.8, 4) is 5.75 Å². The van der Waals surface area contributed by atoms with Crippen molar-refractivity contribution >= 4 is 0 Å². The number of rotatable bonds is 5. The van der Waals surface area contributed by atoms with Gasteiger partial charge in [-0.25, -0.2) is 0 Å². The fourth-order valence-electron chi connectivity index (χ4n) is 1.22. The Labute approximate surface area is 125 Å². The molecule has 0 aliphatic heterocycles. The van der Waals surface area contributed by atoms with E-state index < -0.39 is 0 Å². The van der Waals surface area contributed by atoms with E-state index in [1.807, 2.05) is 45.0 Å². The first-order chi connectivity index (χ1) is 7.76. The van der Waals surface area contributed by atoms with Gasteiger partial charge in [0.1, 0.15) is 0 Å². The van der Waals surface area contributed by atoms with E-state index in [2.05, 4.69) is 1.39 Å². The van der Waals surface area contributed by atoms with Gasteiger partial charge < -0.3 is 0 Å². The molecule has 1 atom stereocenters. The molecule has 1 aromatic carbocycles. The second-order valence-corrected chi connectivity index (χ2v) is 4.37. The van der Waals surface area contributed by atoms with E-state index in [9.17, 15) is 5.11 Å². The first kappa shape index (κ1) is 16.6. The third-order valence-electron chi connectivity index (χ3n) is 2.00. The molecule has 1 aromatic rings. The average Bonchev–Trinajstić information content (AvgIpc) is 2.32. The molecule has 94 valence electrons. The van der Waals surface area contributed by atoms with Crippen LogP contribution in [0.25, 0.3) is 0 Å². The van der Waals surface area contributed by atoms with E-state index in [1.54, 1.807) is 0 Å². The van der Waals surface area contributed by atoms with Gasteiger partial charge in [-0.15, -0.1) is 0 Å². The Morgan fingerprint density at radius 2 is 2.06 bits per heavy atom. The molecule has 1 N–H and O–H groups in total. The van der Waals surface area contributed by atoms with E-state index in [-0.39, 0.29) is 51.0 Å². The van der Waals surface area contributed by atoms with Crippen LogP contribution < -0.4 is 0.0568 Å². The van der Waals surface area contributed by atoms with Crippen molar-refractivity contribution in [2.75, 3.05) is 0 Å². The van der Waals surface area contributed by atoms with Gasteiger partial charge in [0, 0.05) is 0 Å². The molecule has 0 heterocycles. The standard InChI is InChI=1S/C11H16O2Xe.C2H6/c1-3-10(12)7-9-5-4-6-11(8-9)13-14-2;1-2/h4-6,8,10,12H,3,7H2,1-2H3;1-2H3. The van der Waals surface area contributed by atoms with Crippen molar-refractivity contribution in [2.24, 2.45) is 0 Å². The van der Waals surface area contributed by atoms with Crippen molar-refractivity contribution in [1.29, 1.82) is 0 Å². The van der Waals surface area contributed by atoms with Crippen LogP contribution in [0.4, 0.5) is 0 Å². The maximum absolute atomic E-state index is 9.50. The Balaban J connectivity index is 0.00000106. The van der Waals surface area contributed by atoms with Gasteiger partial charge in [-0.05, 0) is 0 Å². The third kappa shape index (κ3) is 6.99. The number of aliphatic hydroxyl groups is 1. The fraction of sp³-hybridized carbons (Fsp3) is 0.538. The van der Waals surface area contributed by atoms with Gasteiger partial charge in [0.15, 0.2) is 0 Å². The number of benzene rings is 1. The van der Waals surface area contributed by atoms with Gasteiger partial charge in [0.25, 0.3) is 0 Å². The first-order valence-electron chi connectivity index (χ1n) is 5.66. The SMILES string of the molecule is CC.CCC(O)Cc1cccc(O[Xe]C)c1. The second kappa shape index (κ2) is 10.7. The Morgan fingerprint density at radius 3 is 2.62 bits per heavy atom. The van der Waals surface area contributed by atoms with Crippen molar-refractivity contribution in [3.05, 3.63) is 29.8 Å². The minimum absolute atomic E-state index is 0.0165. The molecule has 0 aliphatic rings. The maximum atomic E-state index is 9.50. The van der Waals surface area contributed by atoms with Gasteiger partial charge in [0.05, 0.1) is 0 Å². The summed E-state index contributed by atoms with van der Waals surface area (Å²) in [6, 6.07) is 7.97. The van der Waals surface area contributed by atoms with Gasteiger partial charge >= 0.3 is 113 Å². The van der Waals surface area contributed by atoms with Crippen LogP contribution in [-0.2, 0) is 6.42 Å². The van der Waals surface area contributed by atoms with Crippen molar-refractivity contribution in [3.63, 3.8) is 0 Å². The normalized spacial score (nSPS) is 11.6. The van der Waals surface area contributed by atoms with Crippen molar-refractivity contribution < 1.29 is 50.0 Å². The summed E-state index contributed by atoms with van der Waals surface area (Å²) >= 11 is -0.0165. The Kier molecular flexibility index (Phi) is 11.1. The Hall–Kier alpha value is 0.551. The van der Waals surface area contributed by atoms with E-state index in [0.29, 0.717) is 6.42 Å². The van der Waals surface area contributed by atoms with Crippen LogP contribution >= 0.6 is 0 Å². The fourth-order valence-corrected chi connectivity index (χ4v) is 1.95. The molecule has 0 radical (unpaired) electrons. The second-order valence-electron chi connectivity index (χ2n) is 3.13. The molecule has 0 aliphatic carbocycles. The summed E-state index contributed by atoms with van der Waals surface area (Å²) in [4.78, 5) is 0. The Morgan fingerprint density at radius 1 is 1.38 bits per heavy atom. The minimum atomic E-state index is -0.236.